The van der Waals surface area contributed by atoms with Gasteiger partial charge in [-0.15, -0.1) is 0 Å². The van der Waals surface area contributed by atoms with Gasteiger partial charge >= 0.3 is 0 Å². The summed E-state index contributed by atoms with van der Waals surface area (Å²) in [6.45, 7) is 6.31. The number of methoxy groups -OCH3 is 1. The normalized spacial score (nSPS) is 11.6. The molecule has 0 aromatic carbocycles. The molecule has 132 valence electrons. The van der Waals surface area contributed by atoms with Gasteiger partial charge in [0.25, 0.3) is 0 Å². The zero-order valence-corrected chi connectivity index (χ0v) is 14.9. The highest BCUT2D eigenvalue weighted by molar-refractivity contribution is 4.72. The van der Waals surface area contributed by atoms with Crippen molar-refractivity contribution in [3.05, 3.63) is 12.3 Å². The molecule has 4 heteroatoms. The average Bonchev–Trinajstić information content (AvgIpc) is 2.53. The minimum Gasteiger partial charge on any atom is -0.476 e. The molecule has 0 radical (unpaired) electrons. The molecule has 0 fully saturated rings. The molecule has 0 spiro atoms. The van der Waals surface area contributed by atoms with Crippen LogP contribution in [0.1, 0.15) is 71.6 Å². The third-order valence-corrected chi connectivity index (χ3v) is 3.29. The number of rotatable bonds is 17. The Bertz CT molecular complexity index is 221. The largest absolute Gasteiger partial charge is 0.476 e. The molecule has 4 nitrogen and oxygen atoms in total. The first-order chi connectivity index (χ1) is 10.8. The van der Waals surface area contributed by atoms with Crippen molar-refractivity contribution in [2.24, 2.45) is 0 Å². The van der Waals surface area contributed by atoms with Crippen LogP contribution in [-0.4, -0.2) is 33.4 Å². The fourth-order valence-corrected chi connectivity index (χ4v) is 1.93. The van der Waals surface area contributed by atoms with Gasteiger partial charge < -0.3 is 18.9 Å². The molecule has 0 N–H and O–H groups in total. The Morgan fingerprint density at radius 2 is 1.55 bits per heavy atom. The van der Waals surface area contributed by atoms with Crippen LogP contribution in [0.2, 0.25) is 0 Å². The van der Waals surface area contributed by atoms with Crippen molar-refractivity contribution in [3.8, 4) is 0 Å². The van der Waals surface area contributed by atoms with Crippen LogP contribution < -0.4 is 0 Å². The van der Waals surface area contributed by atoms with Gasteiger partial charge in [0.15, 0.2) is 13.1 Å². The molecule has 0 aliphatic heterocycles. The quantitative estimate of drug-likeness (QED) is 0.214. The van der Waals surface area contributed by atoms with Gasteiger partial charge in [0.05, 0.1) is 6.26 Å². The fourth-order valence-electron chi connectivity index (χ4n) is 1.93. The molecule has 0 unspecified atom stereocenters. The maximum absolute atomic E-state index is 5.83. The number of hydrogen-bond acceptors (Lipinski definition) is 4. The van der Waals surface area contributed by atoms with E-state index in [-0.39, 0.29) is 6.29 Å². The van der Waals surface area contributed by atoms with E-state index in [0.717, 1.165) is 45.3 Å². The highest BCUT2D eigenvalue weighted by Crippen LogP contribution is 2.11. The molecule has 0 atom stereocenters. The van der Waals surface area contributed by atoms with Crippen LogP contribution in [0.15, 0.2) is 12.3 Å². The van der Waals surface area contributed by atoms with Gasteiger partial charge in [-0.3, -0.25) is 0 Å². The summed E-state index contributed by atoms with van der Waals surface area (Å²) in [6.07, 6.45) is 13.9. The Hall–Kier alpha value is -0.580. The van der Waals surface area contributed by atoms with Gasteiger partial charge in [-0.05, 0) is 44.6 Å². The molecule has 0 aromatic heterocycles. The lowest BCUT2D eigenvalue weighted by Crippen LogP contribution is -2.18. The van der Waals surface area contributed by atoms with E-state index in [9.17, 15) is 0 Å². The van der Waals surface area contributed by atoms with Gasteiger partial charge in [0, 0.05) is 20.3 Å². The average molecular weight is 316 g/mol. The lowest BCUT2D eigenvalue weighted by molar-refractivity contribution is -0.147. The van der Waals surface area contributed by atoms with Gasteiger partial charge in [0.1, 0.15) is 0 Å². The van der Waals surface area contributed by atoms with Crippen LogP contribution in [0.25, 0.3) is 0 Å². The molecule has 0 rings (SSSR count). The first-order valence-electron chi connectivity index (χ1n) is 8.83. The van der Waals surface area contributed by atoms with Crippen molar-refractivity contribution in [2.45, 2.75) is 77.9 Å². The van der Waals surface area contributed by atoms with Gasteiger partial charge in [-0.2, -0.15) is 0 Å². The van der Waals surface area contributed by atoms with E-state index in [1.165, 1.54) is 25.7 Å². The van der Waals surface area contributed by atoms with E-state index < -0.39 is 0 Å². The summed E-state index contributed by atoms with van der Waals surface area (Å²) in [5, 5.41) is 0. The topological polar surface area (TPSA) is 36.9 Å². The van der Waals surface area contributed by atoms with Crippen molar-refractivity contribution in [3.63, 3.8) is 0 Å². The SMILES string of the molecule is CCCCOC(CCCCCC=COCOC)OCCCC. The predicted molar refractivity (Wildman–Crippen MR) is 90.7 cm³/mol. The molecule has 0 amide bonds. The standard InChI is InChI=1S/C18H36O4/c1-4-6-15-21-18(22-16-7-5-2)13-11-9-8-10-12-14-20-17-19-3/h12,14,18H,4-11,13,15-17H2,1-3H3. The smallest absolute Gasteiger partial charge is 0.187 e. The molecule has 0 aliphatic carbocycles. The third-order valence-electron chi connectivity index (χ3n) is 3.29. The Balaban J connectivity index is 3.61. The van der Waals surface area contributed by atoms with Crippen LogP contribution in [-0.2, 0) is 18.9 Å². The highest BCUT2D eigenvalue weighted by Gasteiger charge is 2.08. The van der Waals surface area contributed by atoms with Gasteiger partial charge in [-0.1, -0.05) is 33.1 Å². The number of unbranched alkanes of at least 4 members (excludes halogenated alkanes) is 5. The van der Waals surface area contributed by atoms with Gasteiger partial charge in [-0.25, -0.2) is 0 Å². The lowest BCUT2D eigenvalue weighted by atomic mass is 10.1. The lowest BCUT2D eigenvalue weighted by Gasteiger charge is -2.18. The second-order valence-corrected chi connectivity index (χ2v) is 5.46. The van der Waals surface area contributed by atoms with Crippen LogP contribution in [0.5, 0.6) is 0 Å². The summed E-state index contributed by atoms with van der Waals surface area (Å²) < 4.78 is 21.5. The first kappa shape index (κ1) is 21.4. The third kappa shape index (κ3) is 15.8. The molecule has 0 saturated heterocycles. The Labute approximate surface area is 137 Å². The Kier molecular flexibility index (Phi) is 18.0. The molecule has 0 aromatic rings. The summed E-state index contributed by atoms with van der Waals surface area (Å²) in [5.41, 5.74) is 0. The molecule has 22 heavy (non-hydrogen) atoms. The maximum Gasteiger partial charge on any atom is 0.187 e. The zero-order valence-electron chi connectivity index (χ0n) is 14.9. The van der Waals surface area contributed by atoms with E-state index in [1.807, 2.05) is 6.08 Å². The number of ether oxygens (including phenoxy) is 4. The first-order valence-corrected chi connectivity index (χ1v) is 8.83. The molecule has 0 aliphatic rings. The summed E-state index contributed by atoms with van der Waals surface area (Å²) in [4.78, 5) is 0. The minimum atomic E-state index is -0.0151. The Morgan fingerprint density at radius 3 is 2.14 bits per heavy atom. The van der Waals surface area contributed by atoms with E-state index in [4.69, 9.17) is 18.9 Å². The highest BCUT2D eigenvalue weighted by atomic mass is 16.7. The molecule has 0 bridgehead atoms. The Morgan fingerprint density at radius 1 is 0.864 bits per heavy atom. The van der Waals surface area contributed by atoms with Crippen molar-refractivity contribution >= 4 is 0 Å². The maximum atomic E-state index is 5.83. The number of allylic oxidation sites excluding steroid dienone is 1. The van der Waals surface area contributed by atoms with E-state index in [1.54, 1.807) is 13.4 Å². The van der Waals surface area contributed by atoms with Crippen molar-refractivity contribution < 1.29 is 18.9 Å². The van der Waals surface area contributed by atoms with Crippen molar-refractivity contribution in [1.82, 2.24) is 0 Å². The minimum absolute atomic E-state index is 0.0151. The second-order valence-electron chi connectivity index (χ2n) is 5.46. The summed E-state index contributed by atoms with van der Waals surface area (Å²) in [5.74, 6) is 0. The van der Waals surface area contributed by atoms with E-state index >= 15 is 0 Å². The second kappa shape index (κ2) is 18.5. The van der Waals surface area contributed by atoms with Crippen LogP contribution in [0.3, 0.4) is 0 Å². The van der Waals surface area contributed by atoms with Crippen molar-refractivity contribution in [1.29, 1.82) is 0 Å². The predicted octanol–water partition coefficient (Wildman–Crippen LogP) is 5.03. The molecule has 0 heterocycles. The van der Waals surface area contributed by atoms with E-state index in [0.29, 0.717) is 6.79 Å². The summed E-state index contributed by atoms with van der Waals surface area (Å²) >= 11 is 0. The van der Waals surface area contributed by atoms with Crippen LogP contribution >= 0.6 is 0 Å². The fraction of sp³-hybridized carbons (Fsp3) is 0.889. The molecular weight excluding hydrogens is 280 g/mol. The summed E-state index contributed by atoms with van der Waals surface area (Å²) in [7, 11) is 1.62. The van der Waals surface area contributed by atoms with E-state index in [2.05, 4.69) is 13.8 Å². The molecule has 0 saturated carbocycles. The monoisotopic (exact) mass is 316 g/mol. The molecular formula is C18H36O4. The van der Waals surface area contributed by atoms with Crippen LogP contribution in [0, 0.1) is 0 Å². The van der Waals surface area contributed by atoms with Crippen molar-refractivity contribution in [2.75, 3.05) is 27.1 Å². The summed E-state index contributed by atoms with van der Waals surface area (Å²) in [6, 6.07) is 0. The number of hydrogen-bond donors (Lipinski definition) is 0. The van der Waals surface area contributed by atoms with Gasteiger partial charge in [0.2, 0.25) is 0 Å². The van der Waals surface area contributed by atoms with Crippen LogP contribution in [0.4, 0.5) is 0 Å². The zero-order chi connectivity index (χ0) is 16.3.